The third kappa shape index (κ3) is 3.61. The summed E-state index contributed by atoms with van der Waals surface area (Å²) in [7, 11) is 0. The maximum atomic E-state index is 11.9. The average molecular weight is 282 g/mol. The lowest BCUT2D eigenvalue weighted by molar-refractivity contribution is 0.0943. The Morgan fingerprint density at radius 2 is 2.05 bits per heavy atom. The summed E-state index contributed by atoms with van der Waals surface area (Å²) in [6.07, 6.45) is 0. The highest BCUT2D eigenvalue weighted by molar-refractivity contribution is 6.33. The number of halogens is 1. The molecular formula is C14H20ClN3O. The lowest BCUT2D eigenvalue weighted by atomic mass is 10.1. The first-order valence-electron chi connectivity index (χ1n) is 6.64. The second kappa shape index (κ2) is 6.26. The van der Waals surface area contributed by atoms with Crippen LogP contribution < -0.4 is 15.5 Å². The van der Waals surface area contributed by atoms with Gasteiger partial charge in [0.15, 0.2) is 0 Å². The van der Waals surface area contributed by atoms with Gasteiger partial charge in [-0.15, -0.1) is 0 Å². The van der Waals surface area contributed by atoms with Crippen LogP contribution in [-0.4, -0.2) is 38.1 Å². The van der Waals surface area contributed by atoms with Crippen LogP contribution in [0.15, 0.2) is 18.2 Å². The standard InChI is InChI=1S/C14H20ClN3O/c1-10(2)17-14(19)11-3-4-13(12(15)9-11)18-7-5-16-6-8-18/h3-4,9-10,16H,5-8H2,1-2H3,(H,17,19). The highest BCUT2D eigenvalue weighted by atomic mass is 35.5. The summed E-state index contributed by atoms with van der Waals surface area (Å²) in [6, 6.07) is 5.64. The molecule has 5 heteroatoms. The van der Waals surface area contributed by atoms with Gasteiger partial charge in [-0.3, -0.25) is 4.79 Å². The molecule has 0 bridgehead atoms. The summed E-state index contributed by atoms with van der Waals surface area (Å²) in [5.41, 5.74) is 1.61. The number of nitrogens with zero attached hydrogens (tertiary/aromatic N) is 1. The molecule has 1 aliphatic heterocycles. The summed E-state index contributed by atoms with van der Waals surface area (Å²) in [6.45, 7) is 7.69. The van der Waals surface area contributed by atoms with E-state index < -0.39 is 0 Å². The fraction of sp³-hybridized carbons (Fsp3) is 0.500. The van der Waals surface area contributed by atoms with Crippen molar-refractivity contribution in [2.24, 2.45) is 0 Å². The van der Waals surface area contributed by atoms with Crippen LogP contribution in [0.5, 0.6) is 0 Å². The molecule has 19 heavy (non-hydrogen) atoms. The Morgan fingerprint density at radius 1 is 1.37 bits per heavy atom. The van der Waals surface area contributed by atoms with Gasteiger partial charge in [0, 0.05) is 37.8 Å². The van der Waals surface area contributed by atoms with Gasteiger partial charge in [0.25, 0.3) is 5.91 Å². The number of carbonyl (C=O) groups is 1. The summed E-state index contributed by atoms with van der Waals surface area (Å²) in [4.78, 5) is 14.1. The largest absolute Gasteiger partial charge is 0.368 e. The van der Waals surface area contributed by atoms with Crippen molar-refractivity contribution in [3.63, 3.8) is 0 Å². The van der Waals surface area contributed by atoms with Crippen molar-refractivity contribution < 1.29 is 4.79 Å². The van der Waals surface area contributed by atoms with Crippen molar-refractivity contribution in [3.8, 4) is 0 Å². The first kappa shape index (κ1) is 14.2. The van der Waals surface area contributed by atoms with Crippen LogP contribution >= 0.6 is 11.6 Å². The fourth-order valence-electron chi connectivity index (χ4n) is 2.16. The minimum atomic E-state index is -0.0799. The smallest absolute Gasteiger partial charge is 0.251 e. The number of piperazine rings is 1. The van der Waals surface area contributed by atoms with Gasteiger partial charge < -0.3 is 15.5 Å². The van der Waals surface area contributed by atoms with E-state index in [1.54, 1.807) is 6.07 Å². The zero-order chi connectivity index (χ0) is 13.8. The topological polar surface area (TPSA) is 44.4 Å². The zero-order valence-corrected chi connectivity index (χ0v) is 12.1. The molecule has 0 saturated carbocycles. The zero-order valence-electron chi connectivity index (χ0n) is 11.4. The van der Waals surface area contributed by atoms with E-state index in [0.29, 0.717) is 10.6 Å². The molecule has 1 aliphatic rings. The highest BCUT2D eigenvalue weighted by Crippen LogP contribution is 2.27. The molecule has 4 nitrogen and oxygen atoms in total. The third-order valence-electron chi connectivity index (χ3n) is 3.09. The Morgan fingerprint density at radius 3 is 2.63 bits per heavy atom. The molecule has 1 aromatic rings. The molecule has 0 aromatic heterocycles. The van der Waals surface area contributed by atoms with E-state index in [4.69, 9.17) is 11.6 Å². The van der Waals surface area contributed by atoms with Gasteiger partial charge in [-0.25, -0.2) is 0 Å². The van der Waals surface area contributed by atoms with Crippen LogP contribution in [0.2, 0.25) is 5.02 Å². The van der Waals surface area contributed by atoms with Crippen LogP contribution in [0.4, 0.5) is 5.69 Å². The molecule has 2 N–H and O–H groups in total. The molecule has 1 aromatic carbocycles. The van der Waals surface area contributed by atoms with Crippen LogP contribution in [0.3, 0.4) is 0 Å². The van der Waals surface area contributed by atoms with Crippen molar-refractivity contribution in [2.75, 3.05) is 31.1 Å². The lowest BCUT2D eigenvalue weighted by Crippen LogP contribution is -2.43. The van der Waals surface area contributed by atoms with Crippen LogP contribution in [0, 0.1) is 0 Å². The van der Waals surface area contributed by atoms with Crippen LogP contribution in [0.25, 0.3) is 0 Å². The van der Waals surface area contributed by atoms with Gasteiger partial charge >= 0.3 is 0 Å². The quantitative estimate of drug-likeness (QED) is 0.889. The molecule has 0 spiro atoms. The van der Waals surface area contributed by atoms with Gasteiger partial charge in [-0.2, -0.15) is 0 Å². The second-order valence-corrected chi connectivity index (χ2v) is 5.44. The molecule has 1 saturated heterocycles. The van der Waals surface area contributed by atoms with E-state index in [9.17, 15) is 4.79 Å². The molecule has 104 valence electrons. The van der Waals surface area contributed by atoms with E-state index in [1.165, 1.54) is 0 Å². The molecule has 0 aliphatic carbocycles. The predicted molar refractivity (Wildman–Crippen MR) is 79.1 cm³/mol. The number of hydrogen-bond donors (Lipinski definition) is 2. The van der Waals surface area contributed by atoms with Crippen molar-refractivity contribution in [3.05, 3.63) is 28.8 Å². The SMILES string of the molecule is CC(C)NC(=O)c1ccc(N2CCNCC2)c(Cl)c1. The maximum absolute atomic E-state index is 11.9. The monoisotopic (exact) mass is 281 g/mol. The molecule has 1 fully saturated rings. The number of anilines is 1. The van der Waals surface area contributed by atoms with Crippen molar-refractivity contribution >= 4 is 23.2 Å². The Hall–Kier alpha value is -1.26. The number of amides is 1. The summed E-state index contributed by atoms with van der Waals surface area (Å²) < 4.78 is 0. The Bertz CT molecular complexity index is 456. The average Bonchev–Trinajstić information content (AvgIpc) is 2.38. The Labute approximate surface area is 119 Å². The van der Waals surface area contributed by atoms with Crippen molar-refractivity contribution in [2.45, 2.75) is 19.9 Å². The number of benzene rings is 1. The van der Waals surface area contributed by atoms with Crippen LogP contribution in [0.1, 0.15) is 24.2 Å². The first-order valence-corrected chi connectivity index (χ1v) is 7.02. The molecule has 2 rings (SSSR count). The Balaban J connectivity index is 2.14. The normalized spacial score (nSPS) is 15.7. The molecule has 1 amide bonds. The number of carbonyl (C=O) groups excluding carboxylic acids is 1. The third-order valence-corrected chi connectivity index (χ3v) is 3.39. The Kier molecular flexibility index (Phi) is 4.66. The number of nitrogens with one attached hydrogen (secondary N) is 2. The highest BCUT2D eigenvalue weighted by Gasteiger charge is 2.15. The van der Waals surface area contributed by atoms with Gasteiger partial charge in [0.05, 0.1) is 10.7 Å². The first-order chi connectivity index (χ1) is 9.08. The molecule has 0 unspecified atom stereocenters. The van der Waals surface area contributed by atoms with E-state index in [1.807, 2.05) is 26.0 Å². The predicted octanol–water partition coefficient (Wildman–Crippen LogP) is 1.89. The molecule has 0 atom stereocenters. The molecule has 0 radical (unpaired) electrons. The fourth-order valence-corrected chi connectivity index (χ4v) is 2.46. The van der Waals surface area contributed by atoms with Gasteiger partial charge in [-0.1, -0.05) is 11.6 Å². The van der Waals surface area contributed by atoms with Crippen molar-refractivity contribution in [1.82, 2.24) is 10.6 Å². The summed E-state index contributed by atoms with van der Waals surface area (Å²) in [5.74, 6) is -0.0799. The van der Waals surface area contributed by atoms with E-state index in [0.717, 1.165) is 31.9 Å². The molecular weight excluding hydrogens is 262 g/mol. The lowest BCUT2D eigenvalue weighted by Gasteiger charge is -2.30. The molecule has 1 heterocycles. The number of hydrogen-bond acceptors (Lipinski definition) is 3. The number of rotatable bonds is 3. The van der Waals surface area contributed by atoms with E-state index >= 15 is 0 Å². The minimum Gasteiger partial charge on any atom is -0.368 e. The minimum absolute atomic E-state index is 0.0799. The van der Waals surface area contributed by atoms with Crippen LogP contribution in [-0.2, 0) is 0 Å². The summed E-state index contributed by atoms with van der Waals surface area (Å²) >= 11 is 6.30. The van der Waals surface area contributed by atoms with Gasteiger partial charge in [-0.05, 0) is 32.0 Å². The van der Waals surface area contributed by atoms with Gasteiger partial charge in [0.2, 0.25) is 0 Å². The van der Waals surface area contributed by atoms with E-state index in [-0.39, 0.29) is 11.9 Å². The summed E-state index contributed by atoms with van der Waals surface area (Å²) in [5, 5.41) is 6.81. The van der Waals surface area contributed by atoms with E-state index in [2.05, 4.69) is 15.5 Å². The van der Waals surface area contributed by atoms with Crippen molar-refractivity contribution in [1.29, 1.82) is 0 Å². The maximum Gasteiger partial charge on any atom is 0.251 e. The van der Waals surface area contributed by atoms with Gasteiger partial charge in [0.1, 0.15) is 0 Å². The second-order valence-electron chi connectivity index (χ2n) is 5.03.